The number of tetrazole rings is 1. The second-order valence-electron chi connectivity index (χ2n) is 6.46. The highest BCUT2D eigenvalue weighted by Gasteiger charge is 2.23. The minimum Gasteiger partial charge on any atom is -0.339 e. The van der Waals surface area contributed by atoms with Crippen molar-refractivity contribution >= 4 is 17.5 Å². The van der Waals surface area contributed by atoms with Gasteiger partial charge in [-0.15, -0.1) is 5.10 Å². The Morgan fingerprint density at radius 2 is 1.88 bits per heavy atom. The number of piperazine rings is 1. The smallest absolute Gasteiger partial charge is 0.244 e. The minimum absolute atomic E-state index is 0.0169. The zero-order chi connectivity index (χ0) is 18.5. The third-order valence-corrected chi connectivity index (χ3v) is 4.66. The number of carbonyl (C=O) groups is 2. The van der Waals surface area contributed by atoms with Gasteiger partial charge < -0.3 is 10.2 Å². The Morgan fingerprint density at radius 3 is 2.58 bits per heavy atom. The van der Waals surface area contributed by atoms with Crippen LogP contribution in [-0.4, -0.2) is 74.5 Å². The van der Waals surface area contributed by atoms with Crippen LogP contribution in [0.4, 0.5) is 5.69 Å². The number of nitrogens with zero attached hydrogens (tertiary/aromatic N) is 6. The van der Waals surface area contributed by atoms with E-state index in [9.17, 15) is 9.59 Å². The van der Waals surface area contributed by atoms with E-state index in [2.05, 4.69) is 25.7 Å². The molecule has 1 aromatic carbocycles. The van der Waals surface area contributed by atoms with Gasteiger partial charge in [-0.05, 0) is 41.5 Å². The maximum Gasteiger partial charge on any atom is 0.244 e. The van der Waals surface area contributed by atoms with Crippen molar-refractivity contribution in [3.63, 3.8) is 0 Å². The molecule has 0 bridgehead atoms. The van der Waals surface area contributed by atoms with Crippen LogP contribution in [0, 0.1) is 13.8 Å². The molecular weight excluding hydrogens is 334 g/mol. The topological polar surface area (TPSA) is 96.2 Å². The van der Waals surface area contributed by atoms with Crippen LogP contribution in [0.3, 0.4) is 0 Å². The molecule has 0 saturated carbocycles. The molecule has 0 aliphatic carbocycles. The molecule has 0 radical (unpaired) electrons. The van der Waals surface area contributed by atoms with Gasteiger partial charge in [0.15, 0.2) is 0 Å². The summed E-state index contributed by atoms with van der Waals surface area (Å²) in [6.07, 6.45) is 1.42. The quantitative estimate of drug-likeness (QED) is 0.814. The number of hydrogen-bond acceptors (Lipinski definition) is 6. The van der Waals surface area contributed by atoms with Crippen molar-refractivity contribution in [1.29, 1.82) is 0 Å². The predicted octanol–water partition coefficient (Wildman–Crippen LogP) is 0.0728. The first kappa shape index (κ1) is 18.0. The Balaban J connectivity index is 1.45. The predicted molar refractivity (Wildman–Crippen MR) is 95.4 cm³/mol. The molecule has 1 aliphatic heterocycles. The zero-order valence-corrected chi connectivity index (χ0v) is 15.1. The van der Waals surface area contributed by atoms with Crippen LogP contribution in [0.2, 0.25) is 0 Å². The van der Waals surface area contributed by atoms with Gasteiger partial charge in [0.2, 0.25) is 11.8 Å². The van der Waals surface area contributed by atoms with Crippen molar-refractivity contribution in [2.45, 2.75) is 20.4 Å². The Hall–Kier alpha value is -2.81. The number of nitrogens with one attached hydrogen (secondary N) is 1. The number of anilines is 1. The molecule has 1 aliphatic rings. The van der Waals surface area contributed by atoms with Crippen molar-refractivity contribution < 1.29 is 9.59 Å². The lowest BCUT2D eigenvalue weighted by Crippen LogP contribution is -2.51. The third kappa shape index (κ3) is 4.42. The second-order valence-corrected chi connectivity index (χ2v) is 6.46. The maximum atomic E-state index is 12.3. The van der Waals surface area contributed by atoms with E-state index in [1.54, 1.807) is 4.90 Å². The van der Waals surface area contributed by atoms with E-state index in [1.807, 2.05) is 32.0 Å². The van der Waals surface area contributed by atoms with Gasteiger partial charge in [0.1, 0.15) is 12.9 Å². The fraction of sp³-hybridized carbons (Fsp3) is 0.471. The summed E-state index contributed by atoms with van der Waals surface area (Å²) >= 11 is 0. The monoisotopic (exact) mass is 357 g/mol. The largest absolute Gasteiger partial charge is 0.339 e. The van der Waals surface area contributed by atoms with E-state index < -0.39 is 0 Å². The van der Waals surface area contributed by atoms with Crippen LogP contribution in [-0.2, 0) is 16.1 Å². The average Bonchev–Trinajstić information content (AvgIpc) is 3.12. The average molecular weight is 357 g/mol. The minimum atomic E-state index is -0.0350. The molecule has 138 valence electrons. The molecule has 0 atom stereocenters. The van der Waals surface area contributed by atoms with Gasteiger partial charge in [-0.3, -0.25) is 14.5 Å². The summed E-state index contributed by atoms with van der Waals surface area (Å²) in [5.41, 5.74) is 3.08. The number of rotatable bonds is 5. The summed E-state index contributed by atoms with van der Waals surface area (Å²) in [5, 5.41) is 13.7. The van der Waals surface area contributed by atoms with Gasteiger partial charge in [0.05, 0.1) is 6.54 Å². The van der Waals surface area contributed by atoms with E-state index in [-0.39, 0.29) is 18.4 Å². The van der Waals surface area contributed by atoms with E-state index in [0.29, 0.717) is 32.7 Å². The van der Waals surface area contributed by atoms with Crippen molar-refractivity contribution in [3.8, 4) is 0 Å². The highest BCUT2D eigenvalue weighted by molar-refractivity contribution is 5.93. The molecule has 26 heavy (non-hydrogen) atoms. The number of hydrogen-bond donors (Lipinski definition) is 1. The summed E-state index contributed by atoms with van der Waals surface area (Å²) in [5.74, 6) is -0.0519. The molecule has 1 saturated heterocycles. The molecule has 2 aromatic rings. The second kappa shape index (κ2) is 8.05. The van der Waals surface area contributed by atoms with E-state index in [0.717, 1.165) is 16.8 Å². The maximum absolute atomic E-state index is 12.3. The summed E-state index contributed by atoms with van der Waals surface area (Å²) in [6, 6.07) is 5.87. The molecule has 0 spiro atoms. The molecule has 9 heteroatoms. The standard InChI is InChI=1S/C17H23N7O2/c1-13-4-3-5-15(14(13)2)19-16(25)10-22-6-8-23(9-7-22)17(26)11-24-12-18-20-21-24/h3-5,12H,6-11H2,1-2H3,(H,19,25). The summed E-state index contributed by atoms with van der Waals surface area (Å²) in [6.45, 7) is 7.01. The van der Waals surface area contributed by atoms with E-state index in [1.165, 1.54) is 11.0 Å². The first-order valence-corrected chi connectivity index (χ1v) is 8.60. The van der Waals surface area contributed by atoms with Crippen molar-refractivity contribution in [2.24, 2.45) is 0 Å². The number of carbonyl (C=O) groups excluding carboxylic acids is 2. The van der Waals surface area contributed by atoms with Crippen molar-refractivity contribution in [1.82, 2.24) is 30.0 Å². The lowest BCUT2D eigenvalue weighted by molar-refractivity contribution is -0.134. The van der Waals surface area contributed by atoms with Gasteiger partial charge in [-0.25, -0.2) is 4.68 Å². The molecule has 3 rings (SSSR count). The van der Waals surface area contributed by atoms with Crippen LogP contribution in [0.1, 0.15) is 11.1 Å². The normalized spacial score (nSPS) is 15.1. The third-order valence-electron chi connectivity index (χ3n) is 4.66. The number of benzene rings is 1. The van der Waals surface area contributed by atoms with Crippen LogP contribution in [0.25, 0.3) is 0 Å². The highest BCUT2D eigenvalue weighted by Crippen LogP contribution is 2.17. The lowest BCUT2D eigenvalue weighted by Gasteiger charge is -2.34. The molecular formula is C17H23N7O2. The molecule has 9 nitrogen and oxygen atoms in total. The molecule has 1 N–H and O–H groups in total. The molecule has 2 amide bonds. The van der Waals surface area contributed by atoms with Gasteiger partial charge in [-0.2, -0.15) is 0 Å². The van der Waals surface area contributed by atoms with E-state index in [4.69, 9.17) is 0 Å². The molecule has 1 aromatic heterocycles. The Kier molecular flexibility index (Phi) is 5.57. The van der Waals surface area contributed by atoms with Crippen LogP contribution >= 0.6 is 0 Å². The summed E-state index contributed by atoms with van der Waals surface area (Å²) in [7, 11) is 0. The molecule has 0 unspecified atom stereocenters. The van der Waals surface area contributed by atoms with Crippen LogP contribution in [0.5, 0.6) is 0 Å². The van der Waals surface area contributed by atoms with Gasteiger partial charge in [0.25, 0.3) is 0 Å². The lowest BCUT2D eigenvalue weighted by atomic mass is 10.1. The van der Waals surface area contributed by atoms with Crippen LogP contribution < -0.4 is 5.32 Å². The van der Waals surface area contributed by atoms with Gasteiger partial charge in [0, 0.05) is 31.9 Å². The zero-order valence-electron chi connectivity index (χ0n) is 15.1. The Labute approximate surface area is 152 Å². The SMILES string of the molecule is Cc1cccc(NC(=O)CN2CCN(C(=O)Cn3cnnn3)CC2)c1C. The van der Waals surface area contributed by atoms with Gasteiger partial charge in [-0.1, -0.05) is 12.1 Å². The number of aromatic nitrogens is 4. The Morgan fingerprint density at radius 1 is 1.12 bits per heavy atom. The fourth-order valence-corrected chi connectivity index (χ4v) is 2.93. The van der Waals surface area contributed by atoms with Crippen LogP contribution in [0.15, 0.2) is 24.5 Å². The van der Waals surface area contributed by atoms with E-state index >= 15 is 0 Å². The summed E-state index contributed by atoms with van der Waals surface area (Å²) in [4.78, 5) is 28.4. The number of aryl methyl sites for hydroxylation is 1. The first-order chi connectivity index (χ1) is 12.5. The Bertz CT molecular complexity index is 767. The van der Waals surface area contributed by atoms with Crippen molar-refractivity contribution in [3.05, 3.63) is 35.7 Å². The van der Waals surface area contributed by atoms with Crippen molar-refractivity contribution in [2.75, 3.05) is 38.0 Å². The number of amides is 2. The fourth-order valence-electron chi connectivity index (χ4n) is 2.93. The highest BCUT2D eigenvalue weighted by atomic mass is 16.2. The first-order valence-electron chi connectivity index (χ1n) is 8.60. The molecule has 2 heterocycles. The summed E-state index contributed by atoms with van der Waals surface area (Å²) < 4.78 is 1.41. The van der Waals surface area contributed by atoms with Gasteiger partial charge >= 0.3 is 0 Å². The molecule has 1 fully saturated rings.